The summed E-state index contributed by atoms with van der Waals surface area (Å²) in [5, 5.41) is 14.2. The van der Waals surface area contributed by atoms with E-state index in [1.165, 1.54) is 18.5 Å². The normalized spacial score (nSPS) is 12.0. The molecule has 2 aromatic rings. The maximum atomic E-state index is 10.6. The summed E-state index contributed by atoms with van der Waals surface area (Å²) in [6.07, 6.45) is 2.17. The van der Waals surface area contributed by atoms with Gasteiger partial charge in [0.25, 0.3) is 5.69 Å². The zero-order chi connectivity index (χ0) is 16.1. The topological polar surface area (TPSA) is 81.0 Å². The third kappa shape index (κ3) is 4.14. The van der Waals surface area contributed by atoms with Gasteiger partial charge in [-0.25, -0.2) is 9.97 Å². The van der Waals surface area contributed by atoms with E-state index in [0.29, 0.717) is 23.8 Å². The second-order valence-electron chi connectivity index (χ2n) is 4.64. The Labute approximate surface area is 141 Å². The van der Waals surface area contributed by atoms with Gasteiger partial charge in [0, 0.05) is 18.7 Å². The summed E-state index contributed by atoms with van der Waals surface area (Å²) in [4.78, 5) is 18.5. The van der Waals surface area contributed by atoms with E-state index >= 15 is 0 Å². The van der Waals surface area contributed by atoms with E-state index in [-0.39, 0.29) is 10.5 Å². The van der Waals surface area contributed by atoms with Crippen LogP contribution < -0.4 is 5.32 Å². The first kappa shape index (κ1) is 16.6. The van der Waals surface area contributed by atoms with E-state index in [2.05, 4.69) is 31.2 Å². The van der Waals surface area contributed by atoms with Crippen molar-refractivity contribution in [1.29, 1.82) is 0 Å². The molecule has 1 N–H and O–H groups in total. The molecule has 1 heterocycles. The number of aromatic nitrogens is 2. The molecule has 0 bridgehead atoms. The third-order valence-electron chi connectivity index (χ3n) is 3.05. The molecule has 0 radical (unpaired) electrons. The summed E-state index contributed by atoms with van der Waals surface area (Å²) in [7, 11) is 0. The highest BCUT2D eigenvalue weighted by atomic mass is 79.9. The quantitative estimate of drug-likeness (QED) is 0.459. The van der Waals surface area contributed by atoms with E-state index in [1.54, 1.807) is 12.1 Å². The van der Waals surface area contributed by atoms with Gasteiger partial charge >= 0.3 is 0 Å². The molecule has 116 valence electrons. The maximum absolute atomic E-state index is 10.6. The van der Waals surface area contributed by atoms with Crippen LogP contribution in [0.25, 0.3) is 0 Å². The predicted molar refractivity (Wildman–Crippen MR) is 89.7 cm³/mol. The average Bonchev–Trinajstić information content (AvgIpc) is 2.49. The molecule has 1 atom stereocenters. The molecule has 8 heteroatoms. The van der Waals surface area contributed by atoms with Crippen LogP contribution in [0.2, 0.25) is 5.02 Å². The van der Waals surface area contributed by atoms with Crippen molar-refractivity contribution in [1.82, 2.24) is 9.97 Å². The highest BCUT2D eigenvalue weighted by Gasteiger charge is 2.12. The molecule has 0 saturated heterocycles. The van der Waals surface area contributed by atoms with Gasteiger partial charge in [-0.3, -0.25) is 10.1 Å². The van der Waals surface area contributed by atoms with Crippen LogP contribution in [-0.4, -0.2) is 21.4 Å². The second kappa shape index (κ2) is 7.51. The fraction of sp³-hybridized carbons (Fsp3) is 0.286. The first-order valence-electron chi connectivity index (χ1n) is 6.60. The SMILES string of the molecule is CC(Br)c1ncnc(NCCc2ccc([N+](=O)[O-])cc2)c1Cl. The number of nitro groups is 1. The van der Waals surface area contributed by atoms with E-state index in [0.717, 1.165) is 11.3 Å². The lowest BCUT2D eigenvalue weighted by molar-refractivity contribution is -0.384. The Balaban J connectivity index is 1.96. The number of rotatable bonds is 6. The van der Waals surface area contributed by atoms with Gasteiger partial charge in [0.1, 0.15) is 17.2 Å². The van der Waals surface area contributed by atoms with Crippen molar-refractivity contribution in [3.05, 3.63) is 57.0 Å². The fourth-order valence-electron chi connectivity index (χ4n) is 1.89. The standard InChI is InChI=1S/C14H14BrClN4O2/c1-9(15)13-12(16)14(19-8-18-13)17-7-6-10-2-4-11(5-3-10)20(21)22/h2-5,8-9H,6-7H2,1H3,(H,17,18,19). The van der Waals surface area contributed by atoms with Gasteiger partial charge in [0.2, 0.25) is 0 Å². The van der Waals surface area contributed by atoms with Crippen molar-refractivity contribution < 1.29 is 4.92 Å². The Morgan fingerprint density at radius 1 is 1.36 bits per heavy atom. The molecule has 0 fully saturated rings. The van der Waals surface area contributed by atoms with E-state index in [4.69, 9.17) is 11.6 Å². The zero-order valence-corrected chi connectivity index (χ0v) is 14.1. The maximum Gasteiger partial charge on any atom is 0.269 e. The lowest BCUT2D eigenvalue weighted by Gasteiger charge is -2.11. The molecule has 6 nitrogen and oxygen atoms in total. The van der Waals surface area contributed by atoms with Gasteiger partial charge in [0.05, 0.1) is 15.4 Å². The van der Waals surface area contributed by atoms with Gasteiger partial charge < -0.3 is 5.32 Å². The van der Waals surface area contributed by atoms with Crippen molar-refractivity contribution in [2.24, 2.45) is 0 Å². The summed E-state index contributed by atoms with van der Waals surface area (Å²) in [6, 6.07) is 6.48. The molecular weight excluding hydrogens is 372 g/mol. The molecule has 22 heavy (non-hydrogen) atoms. The van der Waals surface area contributed by atoms with Crippen LogP contribution in [0.1, 0.15) is 23.0 Å². The molecule has 1 aromatic carbocycles. The Kier molecular flexibility index (Phi) is 5.68. The lowest BCUT2D eigenvalue weighted by Crippen LogP contribution is -2.08. The van der Waals surface area contributed by atoms with Gasteiger partial charge in [-0.15, -0.1) is 0 Å². The number of alkyl halides is 1. The Morgan fingerprint density at radius 2 is 2.05 bits per heavy atom. The van der Waals surface area contributed by atoms with Crippen molar-refractivity contribution >= 4 is 39.0 Å². The first-order chi connectivity index (χ1) is 10.5. The number of anilines is 1. The number of hydrogen-bond donors (Lipinski definition) is 1. The Bertz CT molecular complexity index is 664. The Hall–Kier alpha value is -1.73. The summed E-state index contributed by atoms with van der Waals surface area (Å²) in [5.41, 5.74) is 1.82. The number of nitrogens with zero attached hydrogens (tertiary/aromatic N) is 3. The van der Waals surface area contributed by atoms with Gasteiger partial charge in [-0.1, -0.05) is 39.7 Å². The van der Waals surface area contributed by atoms with Crippen LogP contribution in [-0.2, 0) is 6.42 Å². The summed E-state index contributed by atoms with van der Waals surface area (Å²) in [5.74, 6) is 0.583. The largest absolute Gasteiger partial charge is 0.368 e. The van der Waals surface area contributed by atoms with Crippen molar-refractivity contribution in [2.45, 2.75) is 18.2 Å². The predicted octanol–water partition coefficient (Wildman–Crippen LogP) is 4.15. The monoisotopic (exact) mass is 384 g/mol. The molecule has 0 aliphatic heterocycles. The third-order valence-corrected chi connectivity index (χ3v) is 3.85. The first-order valence-corrected chi connectivity index (χ1v) is 7.90. The molecular formula is C14H14BrClN4O2. The number of benzene rings is 1. The van der Waals surface area contributed by atoms with Gasteiger partial charge in [0.15, 0.2) is 0 Å². The molecule has 0 aliphatic carbocycles. The van der Waals surface area contributed by atoms with Crippen LogP contribution in [0.5, 0.6) is 0 Å². The zero-order valence-electron chi connectivity index (χ0n) is 11.8. The molecule has 0 spiro atoms. The molecule has 0 aliphatic rings. The van der Waals surface area contributed by atoms with Crippen LogP contribution in [0.4, 0.5) is 11.5 Å². The highest BCUT2D eigenvalue weighted by molar-refractivity contribution is 9.09. The number of hydrogen-bond acceptors (Lipinski definition) is 5. The van der Waals surface area contributed by atoms with Crippen molar-refractivity contribution in [2.75, 3.05) is 11.9 Å². The van der Waals surface area contributed by atoms with E-state index < -0.39 is 4.92 Å². The van der Waals surface area contributed by atoms with Crippen LogP contribution in [0.15, 0.2) is 30.6 Å². The molecule has 0 amide bonds. The van der Waals surface area contributed by atoms with Gasteiger partial charge in [-0.2, -0.15) is 0 Å². The highest BCUT2D eigenvalue weighted by Crippen LogP contribution is 2.30. The summed E-state index contributed by atoms with van der Waals surface area (Å²) in [6.45, 7) is 2.56. The number of nitro benzene ring substituents is 1. The fourth-order valence-corrected chi connectivity index (χ4v) is 2.70. The molecule has 1 aromatic heterocycles. The number of nitrogens with one attached hydrogen (secondary N) is 1. The minimum atomic E-state index is -0.411. The minimum absolute atomic E-state index is 0.0400. The minimum Gasteiger partial charge on any atom is -0.368 e. The lowest BCUT2D eigenvalue weighted by atomic mass is 10.1. The second-order valence-corrected chi connectivity index (χ2v) is 6.39. The van der Waals surface area contributed by atoms with Crippen LogP contribution in [0.3, 0.4) is 0 Å². The molecule has 0 saturated carbocycles. The number of halogens is 2. The summed E-state index contributed by atoms with van der Waals surface area (Å²) >= 11 is 9.68. The Morgan fingerprint density at radius 3 is 2.64 bits per heavy atom. The van der Waals surface area contributed by atoms with E-state index in [9.17, 15) is 10.1 Å². The average molecular weight is 386 g/mol. The van der Waals surface area contributed by atoms with Crippen LogP contribution >= 0.6 is 27.5 Å². The van der Waals surface area contributed by atoms with Gasteiger partial charge in [-0.05, 0) is 18.9 Å². The molecule has 2 rings (SSSR count). The smallest absolute Gasteiger partial charge is 0.269 e. The van der Waals surface area contributed by atoms with Crippen LogP contribution in [0, 0.1) is 10.1 Å². The molecule has 1 unspecified atom stereocenters. The van der Waals surface area contributed by atoms with E-state index in [1.807, 2.05) is 6.92 Å². The van der Waals surface area contributed by atoms with Crippen molar-refractivity contribution in [3.63, 3.8) is 0 Å². The van der Waals surface area contributed by atoms with Crippen molar-refractivity contribution in [3.8, 4) is 0 Å². The number of non-ortho nitro benzene ring substituents is 1. The summed E-state index contributed by atoms with van der Waals surface area (Å²) < 4.78 is 0.